The summed E-state index contributed by atoms with van der Waals surface area (Å²) in [7, 11) is 1.83. The van der Waals surface area contributed by atoms with E-state index in [0.29, 0.717) is 23.7 Å². The normalized spacial score (nSPS) is 10.6. The van der Waals surface area contributed by atoms with Gasteiger partial charge in [-0.05, 0) is 19.2 Å². The zero-order valence-corrected chi connectivity index (χ0v) is 11.1. The molecule has 1 N–H and O–H groups in total. The zero-order chi connectivity index (χ0) is 13.8. The van der Waals surface area contributed by atoms with Gasteiger partial charge >= 0.3 is 0 Å². The van der Waals surface area contributed by atoms with E-state index in [9.17, 15) is 10.1 Å². The molecule has 0 fully saturated rings. The molecule has 0 aliphatic heterocycles. The van der Waals surface area contributed by atoms with Gasteiger partial charge in [-0.15, -0.1) is 0 Å². The summed E-state index contributed by atoms with van der Waals surface area (Å²) < 4.78 is 1.80. The van der Waals surface area contributed by atoms with Gasteiger partial charge in [-0.2, -0.15) is 0 Å². The van der Waals surface area contributed by atoms with Crippen molar-refractivity contribution >= 4 is 17.3 Å². The molecule has 0 aliphatic rings. The van der Waals surface area contributed by atoms with Crippen LogP contribution in [0.5, 0.6) is 0 Å². The van der Waals surface area contributed by atoms with Gasteiger partial charge in [0.25, 0.3) is 5.69 Å². The van der Waals surface area contributed by atoms with Gasteiger partial charge in [-0.1, -0.05) is 11.6 Å². The molecule has 0 saturated carbocycles. The molecule has 0 saturated heterocycles. The standard InChI is InChI=1S/C12H13ClN4O2/c1-14-5-11-7-16(8-15-11)6-9-4-10(13)2-3-12(9)17(18)19/h2-4,7-8,14H,5-6H2,1H3. The van der Waals surface area contributed by atoms with Crippen molar-refractivity contribution in [2.45, 2.75) is 13.1 Å². The van der Waals surface area contributed by atoms with Crippen LogP contribution in [-0.2, 0) is 13.1 Å². The number of nitrogens with zero attached hydrogens (tertiary/aromatic N) is 3. The maximum Gasteiger partial charge on any atom is 0.274 e. The van der Waals surface area contributed by atoms with Crippen molar-refractivity contribution in [1.29, 1.82) is 0 Å². The van der Waals surface area contributed by atoms with E-state index >= 15 is 0 Å². The Balaban J connectivity index is 2.26. The fraction of sp³-hybridized carbons (Fsp3) is 0.250. The predicted molar refractivity (Wildman–Crippen MR) is 72.2 cm³/mol. The topological polar surface area (TPSA) is 73.0 Å². The summed E-state index contributed by atoms with van der Waals surface area (Å²) in [5, 5.41) is 14.4. The molecule has 100 valence electrons. The van der Waals surface area contributed by atoms with Crippen molar-refractivity contribution in [3.05, 3.63) is 57.1 Å². The number of nitro benzene ring substituents is 1. The van der Waals surface area contributed by atoms with Crippen LogP contribution >= 0.6 is 11.6 Å². The lowest BCUT2D eigenvalue weighted by molar-refractivity contribution is -0.385. The number of hydrogen-bond acceptors (Lipinski definition) is 4. The number of nitrogens with one attached hydrogen (secondary N) is 1. The van der Waals surface area contributed by atoms with Crippen molar-refractivity contribution in [2.24, 2.45) is 0 Å². The van der Waals surface area contributed by atoms with Crippen LogP contribution in [-0.4, -0.2) is 21.5 Å². The summed E-state index contributed by atoms with van der Waals surface area (Å²) >= 11 is 5.89. The lowest BCUT2D eigenvalue weighted by atomic mass is 10.2. The van der Waals surface area contributed by atoms with Crippen LogP contribution in [0.4, 0.5) is 5.69 Å². The Bertz CT molecular complexity index is 597. The summed E-state index contributed by atoms with van der Waals surface area (Å²) in [4.78, 5) is 14.7. The van der Waals surface area contributed by atoms with Crippen LogP contribution in [0.1, 0.15) is 11.3 Å². The molecule has 0 spiro atoms. The van der Waals surface area contributed by atoms with E-state index in [1.165, 1.54) is 12.1 Å². The average Bonchev–Trinajstić information content (AvgIpc) is 2.77. The highest BCUT2D eigenvalue weighted by atomic mass is 35.5. The summed E-state index contributed by atoms with van der Waals surface area (Å²) in [6.45, 7) is 1.03. The lowest BCUT2D eigenvalue weighted by Gasteiger charge is -2.04. The highest BCUT2D eigenvalue weighted by molar-refractivity contribution is 6.30. The van der Waals surface area contributed by atoms with Gasteiger partial charge in [0.2, 0.25) is 0 Å². The number of nitro groups is 1. The Hall–Kier alpha value is -1.92. The average molecular weight is 281 g/mol. The first kappa shape index (κ1) is 13.5. The number of benzene rings is 1. The first-order valence-corrected chi connectivity index (χ1v) is 6.06. The molecule has 0 unspecified atom stereocenters. The Morgan fingerprint density at radius 3 is 3.00 bits per heavy atom. The van der Waals surface area contributed by atoms with Gasteiger partial charge in [0.1, 0.15) is 0 Å². The highest BCUT2D eigenvalue weighted by Gasteiger charge is 2.14. The molecular weight excluding hydrogens is 268 g/mol. The minimum atomic E-state index is -0.406. The summed E-state index contributed by atoms with van der Waals surface area (Å²) in [5.74, 6) is 0. The van der Waals surface area contributed by atoms with Crippen LogP contribution in [0.2, 0.25) is 5.02 Å². The van der Waals surface area contributed by atoms with Gasteiger partial charge in [-0.3, -0.25) is 10.1 Å². The smallest absolute Gasteiger partial charge is 0.274 e. The molecule has 2 rings (SSSR count). The summed E-state index contributed by atoms with van der Waals surface area (Å²) in [5.41, 5.74) is 1.51. The SMILES string of the molecule is CNCc1cn(Cc2cc(Cl)ccc2[N+](=O)[O-])cn1. The molecule has 6 nitrogen and oxygen atoms in total. The lowest BCUT2D eigenvalue weighted by Crippen LogP contribution is -2.05. The minimum Gasteiger partial charge on any atom is -0.332 e. The van der Waals surface area contributed by atoms with E-state index < -0.39 is 4.92 Å². The molecule has 1 aromatic carbocycles. The number of rotatable bonds is 5. The van der Waals surface area contributed by atoms with Gasteiger partial charge in [-0.25, -0.2) is 4.98 Å². The van der Waals surface area contributed by atoms with Crippen LogP contribution < -0.4 is 5.32 Å². The molecule has 0 amide bonds. The Kier molecular flexibility index (Phi) is 4.13. The fourth-order valence-electron chi connectivity index (χ4n) is 1.82. The van der Waals surface area contributed by atoms with Crippen molar-refractivity contribution in [3.8, 4) is 0 Å². The van der Waals surface area contributed by atoms with E-state index in [0.717, 1.165) is 5.69 Å². The van der Waals surface area contributed by atoms with Crippen molar-refractivity contribution in [2.75, 3.05) is 7.05 Å². The Labute approximate surface area is 115 Å². The highest BCUT2D eigenvalue weighted by Crippen LogP contribution is 2.23. The summed E-state index contributed by atoms with van der Waals surface area (Å²) in [6.07, 6.45) is 3.50. The maximum atomic E-state index is 11.0. The van der Waals surface area contributed by atoms with E-state index in [1.807, 2.05) is 13.2 Å². The molecule has 0 radical (unpaired) electrons. The molecule has 19 heavy (non-hydrogen) atoms. The van der Waals surface area contributed by atoms with Crippen LogP contribution in [0.3, 0.4) is 0 Å². The molecule has 0 atom stereocenters. The first-order valence-electron chi connectivity index (χ1n) is 5.68. The fourth-order valence-corrected chi connectivity index (χ4v) is 2.02. The van der Waals surface area contributed by atoms with Gasteiger partial charge < -0.3 is 9.88 Å². The Morgan fingerprint density at radius 2 is 2.32 bits per heavy atom. The molecular formula is C12H13ClN4O2. The zero-order valence-electron chi connectivity index (χ0n) is 10.3. The van der Waals surface area contributed by atoms with Crippen molar-refractivity contribution in [3.63, 3.8) is 0 Å². The second kappa shape index (κ2) is 5.81. The molecule has 0 bridgehead atoms. The number of imidazole rings is 1. The van der Waals surface area contributed by atoms with Gasteiger partial charge in [0.15, 0.2) is 0 Å². The van der Waals surface area contributed by atoms with Crippen LogP contribution in [0.15, 0.2) is 30.7 Å². The second-order valence-electron chi connectivity index (χ2n) is 4.10. The second-order valence-corrected chi connectivity index (χ2v) is 4.53. The third-order valence-electron chi connectivity index (χ3n) is 2.64. The number of hydrogen-bond donors (Lipinski definition) is 1. The molecule has 1 heterocycles. The number of halogens is 1. The van der Waals surface area contributed by atoms with Gasteiger partial charge in [0.05, 0.1) is 29.1 Å². The first-order chi connectivity index (χ1) is 9.10. The summed E-state index contributed by atoms with van der Waals surface area (Å²) in [6, 6.07) is 4.55. The maximum absolute atomic E-state index is 11.0. The molecule has 7 heteroatoms. The molecule has 1 aromatic heterocycles. The third-order valence-corrected chi connectivity index (χ3v) is 2.87. The van der Waals surface area contributed by atoms with E-state index in [1.54, 1.807) is 17.0 Å². The number of aromatic nitrogens is 2. The largest absolute Gasteiger partial charge is 0.332 e. The van der Waals surface area contributed by atoms with E-state index in [4.69, 9.17) is 11.6 Å². The minimum absolute atomic E-state index is 0.0632. The molecule has 2 aromatic rings. The monoisotopic (exact) mass is 280 g/mol. The predicted octanol–water partition coefficient (Wildman–Crippen LogP) is 2.21. The molecule has 0 aliphatic carbocycles. The van der Waals surface area contributed by atoms with E-state index in [2.05, 4.69) is 10.3 Å². The van der Waals surface area contributed by atoms with E-state index in [-0.39, 0.29) is 5.69 Å². The third kappa shape index (κ3) is 3.30. The van der Waals surface area contributed by atoms with Crippen LogP contribution in [0.25, 0.3) is 0 Å². The van der Waals surface area contributed by atoms with Gasteiger partial charge in [0, 0.05) is 23.8 Å². The van der Waals surface area contributed by atoms with Crippen molar-refractivity contribution < 1.29 is 4.92 Å². The van der Waals surface area contributed by atoms with Crippen LogP contribution in [0, 0.1) is 10.1 Å². The Morgan fingerprint density at radius 1 is 1.53 bits per heavy atom. The quantitative estimate of drug-likeness (QED) is 0.673. The van der Waals surface area contributed by atoms with Crippen molar-refractivity contribution in [1.82, 2.24) is 14.9 Å².